The Balaban J connectivity index is 0. The van der Waals surface area contributed by atoms with Gasteiger partial charge in [-0.25, -0.2) is 30.4 Å². The van der Waals surface area contributed by atoms with Crippen LogP contribution in [-0.2, 0) is 10.1 Å². The van der Waals surface area contributed by atoms with Crippen molar-refractivity contribution in [3.63, 3.8) is 0 Å². The van der Waals surface area contributed by atoms with Gasteiger partial charge in [-0.3, -0.25) is 0 Å². The van der Waals surface area contributed by atoms with E-state index in [-0.39, 0.29) is 29.6 Å². The fourth-order valence-electron chi connectivity index (χ4n) is 0.658. The molecule has 17 heavy (non-hydrogen) atoms. The average Bonchev–Trinajstić information content (AvgIpc) is 2.12. The van der Waals surface area contributed by atoms with E-state index in [4.69, 9.17) is 0 Å². The Hall–Kier alpha value is 0.420. The van der Waals surface area contributed by atoms with Crippen molar-refractivity contribution in [1.82, 2.24) is 0 Å². The standard InChI is InChI=1S/C5H5F7O3S.Na/c6-1(3(8)9)2(7)5(11,12)4(10)16(13,14)15;/h1-4H,(H,13,14,15);/q;+1/p-1. The summed E-state index contributed by atoms with van der Waals surface area (Å²) in [4.78, 5) is 0. The van der Waals surface area contributed by atoms with Crippen LogP contribution in [0.3, 0.4) is 0 Å². The van der Waals surface area contributed by atoms with Gasteiger partial charge in [0.05, 0.1) is 0 Å². The molecule has 0 fully saturated rings. The van der Waals surface area contributed by atoms with E-state index >= 15 is 0 Å². The first kappa shape index (κ1) is 19.8. The topological polar surface area (TPSA) is 57.2 Å². The molecule has 0 rings (SSSR count). The van der Waals surface area contributed by atoms with Crippen molar-refractivity contribution in [2.24, 2.45) is 0 Å². The first-order valence-corrected chi connectivity index (χ1v) is 4.92. The van der Waals surface area contributed by atoms with E-state index in [2.05, 4.69) is 0 Å². The second-order valence-corrected chi connectivity index (χ2v) is 4.06. The number of hydrogen-bond acceptors (Lipinski definition) is 3. The van der Waals surface area contributed by atoms with Crippen molar-refractivity contribution >= 4 is 10.1 Å². The smallest absolute Gasteiger partial charge is 0.746 e. The zero-order chi connectivity index (χ0) is 13.3. The fraction of sp³-hybridized carbons (Fsp3) is 1.00. The number of rotatable bonds is 5. The molecule has 3 unspecified atom stereocenters. The van der Waals surface area contributed by atoms with Crippen LogP contribution < -0.4 is 29.6 Å². The van der Waals surface area contributed by atoms with Crippen LogP contribution in [0.25, 0.3) is 0 Å². The van der Waals surface area contributed by atoms with Crippen LogP contribution in [0, 0.1) is 0 Å². The normalized spacial score (nSPS) is 18.4. The summed E-state index contributed by atoms with van der Waals surface area (Å²) in [5.41, 5.74) is -4.63. The van der Waals surface area contributed by atoms with Crippen molar-refractivity contribution in [1.29, 1.82) is 0 Å². The summed E-state index contributed by atoms with van der Waals surface area (Å²) in [5.74, 6) is -5.68. The molecule has 98 valence electrons. The first-order valence-electron chi connectivity index (χ1n) is 3.45. The molecule has 0 heterocycles. The quantitative estimate of drug-likeness (QED) is 0.349. The zero-order valence-electron chi connectivity index (χ0n) is 8.09. The van der Waals surface area contributed by atoms with Gasteiger partial charge in [-0.2, -0.15) is 8.78 Å². The van der Waals surface area contributed by atoms with Crippen LogP contribution in [0.2, 0.25) is 0 Å². The zero-order valence-corrected chi connectivity index (χ0v) is 10.9. The number of halogens is 7. The second-order valence-electron chi connectivity index (χ2n) is 2.66. The Morgan fingerprint density at radius 1 is 1.00 bits per heavy atom. The predicted octanol–water partition coefficient (Wildman–Crippen LogP) is -1.59. The monoisotopic (exact) mass is 300 g/mol. The van der Waals surface area contributed by atoms with E-state index < -0.39 is 40.3 Å². The molecule has 0 aromatic carbocycles. The van der Waals surface area contributed by atoms with Gasteiger partial charge in [0.25, 0.3) is 11.9 Å². The van der Waals surface area contributed by atoms with Crippen LogP contribution in [0.15, 0.2) is 0 Å². The molecule has 3 nitrogen and oxygen atoms in total. The van der Waals surface area contributed by atoms with E-state index in [1.54, 1.807) is 0 Å². The third kappa shape index (κ3) is 4.89. The SMILES string of the molecule is O=S(=O)([O-])C(F)C(F)(F)C(F)C(F)C(F)F.[Na+]. The maximum atomic E-state index is 12.4. The van der Waals surface area contributed by atoms with Gasteiger partial charge in [0.1, 0.15) is 10.1 Å². The Morgan fingerprint density at radius 2 is 1.35 bits per heavy atom. The fourth-order valence-corrected chi connectivity index (χ4v) is 1.17. The molecule has 0 spiro atoms. The van der Waals surface area contributed by atoms with Gasteiger partial charge < -0.3 is 4.55 Å². The Bertz CT molecular complexity index is 334. The van der Waals surface area contributed by atoms with Crippen molar-refractivity contribution < 1.29 is 73.3 Å². The van der Waals surface area contributed by atoms with E-state index in [0.717, 1.165) is 0 Å². The van der Waals surface area contributed by atoms with Crippen molar-refractivity contribution in [2.45, 2.75) is 30.2 Å². The molecule has 0 aliphatic rings. The molecule has 0 aliphatic carbocycles. The first-order chi connectivity index (χ1) is 6.92. The van der Waals surface area contributed by atoms with Crippen molar-refractivity contribution in [3.05, 3.63) is 0 Å². The molecule has 0 aliphatic heterocycles. The van der Waals surface area contributed by atoms with Gasteiger partial charge in [0, 0.05) is 0 Å². The number of hydrogen-bond donors (Lipinski definition) is 0. The minimum Gasteiger partial charge on any atom is -0.746 e. The summed E-state index contributed by atoms with van der Waals surface area (Å²) >= 11 is 0. The summed E-state index contributed by atoms with van der Waals surface area (Å²) in [6, 6.07) is 0. The van der Waals surface area contributed by atoms with E-state index in [9.17, 15) is 43.7 Å². The van der Waals surface area contributed by atoms with Gasteiger partial charge in [0.2, 0.25) is 6.17 Å². The van der Waals surface area contributed by atoms with Gasteiger partial charge in [-0.15, -0.1) is 0 Å². The van der Waals surface area contributed by atoms with E-state index in [1.165, 1.54) is 0 Å². The number of alkyl halides is 7. The van der Waals surface area contributed by atoms with Gasteiger partial charge >= 0.3 is 35.5 Å². The molecule has 3 atom stereocenters. The molecule has 0 radical (unpaired) electrons. The molecular weight excluding hydrogens is 296 g/mol. The molecule has 0 saturated carbocycles. The summed E-state index contributed by atoms with van der Waals surface area (Å²) in [7, 11) is -6.28. The van der Waals surface area contributed by atoms with Crippen LogP contribution in [0.4, 0.5) is 30.7 Å². The van der Waals surface area contributed by atoms with Gasteiger partial charge in [0.15, 0.2) is 6.17 Å². The molecule has 0 aromatic rings. The summed E-state index contributed by atoms with van der Waals surface area (Å²) in [6.07, 6.45) is -12.7. The summed E-state index contributed by atoms with van der Waals surface area (Å²) < 4.78 is 114. The molecule has 0 saturated heterocycles. The van der Waals surface area contributed by atoms with Crippen LogP contribution in [0.1, 0.15) is 0 Å². The Kier molecular flexibility index (Phi) is 7.61. The van der Waals surface area contributed by atoms with Crippen LogP contribution in [-0.4, -0.2) is 43.2 Å². The van der Waals surface area contributed by atoms with Crippen LogP contribution >= 0.6 is 0 Å². The summed E-state index contributed by atoms with van der Waals surface area (Å²) in [5, 5.41) is 0. The average molecular weight is 300 g/mol. The molecule has 0 N–H and O–H groups in total. The molecule has 0 bridgehead atoms. The van der Waals surface area contributed by atoms with Gasteiger partial charge in [-0.1, -0.05) is 0 Å². The Morgan fingerprint density at radius 3 is 1.59 bits per heavy atom. The molecule has 0 amide bonds. The second kappa shape index (κ2) is 6.55. The van der Waals surface area contributed by atoms with E-state index in [0.29, 0.717) is 0 Å². The minimum absolute atomic E-state index is 0. The summed E-state index contributed by atoms with van der Waals surface area (Å²) in [6.45, 7) is 0. The minimum atomic E-state index is -6.28. The van der Waals surface area contributed by atoms with Crippen LogP contribution in [0.5, 0.6) is 0 Å². The van der Waals surface area contributed by atoms with Crippen molar-refractivity contribution in [3.8, 4) is 0 Å². The predicted molar refractivity (Wildman–Crippen MR) is 35.3 cm³/mol. The molecule has 12 heteroatoms. The van der Waals surface area contributed by atoms with Crippen molar-refractivity contribution in [2.75, 3.05) is 0 Å². The van der Waals surface area contributed by atoms with Gasteiger partial charge in [-0.05, 0) is 0 Å². The third-order valence-corrected chi connectivity index (χ3v) is 2.27. The molecular formula is C5H4F7NaO3S. The molecule has 0 aromatic heterocycles. The van der Waals surface area contributed by atoms with E-state index in [1.807, 2.05) is 0 Å². The maximum Gasteiger partial charge on any atom is 1.00 e. The Labute approximate surface area is 113 Å². The maximum absolute atomic E-state index is 12.4. The largest absolute Gasteiger partial charge is 1.00 e. The third-order valence-electron chi connectivity index (χ3n) is 1.44.